The number of rotatable bonds is 2. The maximum atomic E-state index is 9.59. The highest BCUT2D eigenvalue weighted by Crippen LogP contribution is 2.47. The smallest absolute Gasteiger partial charge is 0.0991 e. The third-order valence-corrected chi connectivity index (χ3v) is 10.6. The molecule has 9 rings (SSSR count). The Kier molecular flexibility index (Phi) is 4.74. The minimum Gasteiger partial charge on any atom is -0.308 e. The zero-order valence-corrected chi connectivity index (χ0v) is 23.4. The Labute approximate surface area is 243 Å². The van der Waals surface area contributed by atoms with Crippen molar-refractivity contribution >= 4 is 84.8 Å². The van der Waals surface area contributed by atoms with Crippen molar-refractivity contribution in [1.29, 1.82) is 5.26 Å². The van der Waals surface area contributed by atoms with Crippen molar-refractivity contribution in [2.24, 2.45) is 0 Å². The summed E-state index contributed by atoms with van der Waals surface area (Å²) in [4.78, 5) is 0. The molecule has 4 heteroatoms. The lowest BCUT2D eigenvalue weighted by Crippen LogP contribution is -1.93. The van der Waals surface area contributed by atoms with Gasteiger partial charge in [-0.15, -0.1) is 22.7 Å². The van der Waals surface area contributed by atoms with Gasteiger partial charge in [0.05, 0.1) is 33.1 Å². The minimum atomic E-state index is 0.681. The predicted octanol–water partition coefficient (Wildman–Crippen LogP) is 11.1. The molecule has 9 aromatic rings. The Bertz CT molecular complexity index is 2550. The summed E-state index contributed by atoms with van der Waals surface area (Å²) in [6, 6.07) is 45.7. The lowest BCUT2D eigenvalue weighted by Gasteiger charge is -2.10. The SMILES string of the molecule is N#Cc1ccc2c(c1)c1ccccc1n2-c1cccc2c1sc1cccc(-c3cccc4sc5ccccc5c34)c12. The Hall–Kier alpha value is -4.95. The second kappa shape index (κ2) is 8.52. The van der Waals surface area contributed by atoms with Crippen molar-refractivity contribution in [3.05, 3.63) is 127 Å². The molecule has 0 atom stereocenters. The van der Waals surface area contributed by atoms with E-state index in [0.29, 0.717) is 5.56 Å². The molecule has 41 heavy (non-hydrogen) atoms. The highest BCUT2D eigenvalue weighted by Gasteiger charge is 2.19. The molecule has 0 saturated heterocycles. The van der Waals surface area contributed by atoms with Gasteiger partial charge < -0.3 is 4.57 Å². The highest BCUT2D eigenvalue weighted by molar-refractivity contribution is 7.26. The summed E-state index contributed by atoms with van der Waals surface area (Å²) in [6.07, 6.45) is 0. The Morgan fingerprint density at radius 2 is 1.15 bits per heavy atom. The summed E-state index contributed by atoms with van der Waals surface area (Å²) < 4.78 is 7.57. The third kappa shape index (κ3) is 3.16. The number of nitrogens with zero attached hydrogens (tertiary/aromatic N) is 2. The van der Waals surface area contributed by atoms with E-state index in [1.54, 1.807) is 0 Å². The zero-order valence-electron chi connectivity index (χ0n) is 21.8. The second-order valence-electron chi connectivity index (χ2n) is 10.4. The van der Waals surface area contributed by atoms with Crippen LogP contribution < -0.4 is 0 Å². The van der Waals surface area contributed by atoms with Crippen LogP contribution in [0.25, 0.3) is 79.0 Å². The van der Waals surface area contributed by atoms with E-state index in [1.165, 1.54) is 57.2 Å². The van der Waals surface area contributed by atoms with E-state index in [9.17, 15) is 5.26 Å². The van der Waals surface area contributed by atoms with Gasteiger partial charge in [0, 0.05) is 46.4 Å². The molecule has 6 aromatic carbocycles. The van der Waals surface area contributed by atoms with E-state index < -0.39 is 0 Å². The molecule has 0 N–H and O–H groups in total. The topological polar surface area (TPSA) is 28.7 Å². The molecular weight excluding hydrogens is 537 g/mol. The molecule has 3 aromatic heterocycles. The molecule has 0 aliphatic carbocycles. The largest absolute Gasteiger partial charge is 0.308 e. The van der Waals surface area contributed by atoms with Crippen molar-refractivity contribution in [2.45, 2.75) is 0 Å². The van der Waals surface area contributed by atoms with Gasteiger partial charge >= 0.3 is 0 Å². The number of aromatic nitrogens is 1. The number of hydrogen-bond acceptors (Lipinski definition) is 3. The number of benzene rings is 6. The molecule has 0 unspecified atom stereocenters. The molecule has 0 amide bonds. The summed E-state index contributed by atoms with van der Waals surface area (Å²) in [7, 11) is 0. The first kappa shape index (κ1) is 22.8. The van der Waals surface area contributed by atoms with Crippen molar-refractivity contribution in [3.8, 4) is 22.9 Å². The van der Waals surface area contributed by atoms with Gasteiger partial charge in [-0.2, -0.15) is 5.26 Å². The van der Waals surface area contributed by atoms with E-state index in [-0.39, 0.29) is 0 Å². The first-order valence-electron chi connectivity index (χ1n) is 13.6. The molecule has 190 valence electrons. The average Bonchev–Trinajstić information content (AvgIpc) is 3.70. The fraction of sp³-hybridized carbons (Fsp3) is 0. The molecular formula is C37H20N2S2. The lowest BCUT2D eigenvalue weighted by atomic mass is 9.95. The van der Waals surface area contributed by atoms with Crippen LogP contribution in [0.1, 0.15) is 5.56 Å². The van der Waals surface area contributed by atoms with Gasteiger partial charge in [0.15, 0.2) is 0 Å². The number of para-hydroxylation sites is 1. The lowest BCUT2D eigenvalue weighted by molar-refractivity contribution is 1.20. The van der Waals surface area contributed by atoms with E-state index in [4.69, 9.17) is 0 Å². The van der Waals surface area contributed by atoms with Crippen LogP contribution in [0.2, 0.25) is 0 Å². The molecule has 0 spiro atoms. The van der Waals surface area contributed by atoms with Crippen LogP contribution in [0, 0.1) is 11.3 Å². The van der Waals surface area contributed by atoms with Gasteiger partial charge in [0.25, 0.3) is 0 Å². The van der Waals surface area contributed by atoms with Gasteiger partial charge in [-0.25, -0.2) is 0 Å². The molecule has 0 saturated carbocycles. The monoisotopic (exact) mass is 556 g/mol. The second-order valence-corrected chi connectivity index (χ2v) is 12.5. The summed E-state index contributed by atoms with van der Waals surface area (Å²) in [5, 5.41) is 17.1. The molecule has 0 bridgehead atoms. The van der Waals surface area contributed by atoms with Crippen LogP contribution >= 0.6 is 22.7 Å². The number of nitriles is 1. The van der Waals surface area contributed by atoms with Gasteiger partial charge in [0.2, 0.25) is 0 Å². The van der Waals surface area contributed by atoms with E-state index in [2.05, 4.69) is 120 Å². The van der Waals surface area contributed by atoms with Crippen LogP contribution in [0.3, 0.4) is 0 Å². The molecule has 0 aliphatic heterocycles. The average molecular weight is 557 g/mol. The molecule has 0 radical (unpaired) electrons. The van der Waals surface area contributed by atoms with Gasteiger partial charge in [0.1, 0.15) is 0 Å². The van der Waals surface area contributed by atoms with Gasteiger partial charge in [-0.05, 0) is 59.7 Å². The first-order chi connectivity index (χ1) is 20.3. The highest BCUT2D eigenvalue weighted by atomic mass is 32.1. The fourth-order valence-corrected chi connectivity index (χ4v) is 8.90. The van der Waals surface area contributed by atoms with Crippen LogP contribution in [0.15, 0.2) is 121 Å². The predicted molar refractivity (Wildman–Crippen MR) is 177 cm³/mol. The van der Waals surface area contributed by atoms with E-state index >= 15 is 0 Å². The minimum absolute atomic E-state index is 0.681. The van der Waals surface area contributed by atoms with Crippen molar-refractivity contribution in [1.82, 2.24) is 4.57 Å². The van der Waals surface area contributed by atoms with Crippen molar-refractivity contribution < 1.29 is 0 Å². The Morgan fingerprint density at radius 3 is 1.98 bits per heavy atom. The molecule has 2 nitrogen and oxygen atoms in total. The van der Waals surface area contributed by atoms with Crippen LogP contribution in [0.5, 0.6) is 0 Å². The Balaban J connectivity index is 1.38. The molecule has 0 aliphatic rings. The van der Waals surface area contributed by atoms with Crippen LogP contribution in [-0.2, 0) is 0 Å². The standard InChI is InChI=1S/C37H20N2S2/c38-21-22-18-19-30-28(20-22)23-8-1-3-13-29(23)39(30)31-14-5-12-27-36-25(11-7-17-34(36)41-37(27)31)24-10-6-16-33-35(24)26-9-2-4-15-32(26)40-33/h1-20H. The van der Waals surface area contributed by atoms with Crippen molar-refractivity contribution in [3.63, 3.8) is 0 Å². The van der Waals surface area contributed by atoms with Gasteiger partial charge in [-0.3, -0.25) is 0 Å². The third-order valence-electron chi connectivity index (χ3n) is 8.24. The van der Waals surface area contributed by atoms with Crippen LogP contribution in [-0.4, -0.2) is 4.57 Å². The summed E-state index contributed by atoms with van der Waals surface area (Å²) in [5.41, 5.74) is 6.68. The zero-order chi connectivity index (χ0) is 27.1. The van der Waals surface area contributed by atoms with Crippen LogP contribution in [0.4, 0.5) is 0 Å². The van der Waals surface area contributed by atoms with E-state index in [1.807, 2.05) is 34.8 Å². The fourth-order valence-electron chi connectivity index (χ4n) is 6.53. The van der Waals surface area contributed by atoms with E-state index in [0.717, 1.165) is 21.8 Å². The summed E-state index contributed by atoms with van der Waals surface area (Å²) >= 11 is 3.73. The first-order valence-corrected chi connectivity index (χ1v) is 15.2. The maximum Gasteiger partial charge on any atom is 0.0991 e. The maximum absolute atomic E-state index is 9.59. The molecule has 0 fully saturated rings. The van der Waals surface area contributed by atoms with Gasteiger partial charge in [-0.1, -0.05) is 72.8 Å². The molecule has 3 heterocycles. The summed E-state index contributed by atoms with van der Waals surface area (Å²) in [5.74, 6) is 0. The normalized spacial score (nSPS) is 11.9. The number of thiophene rings is 2. The summed E-state index contributed by atoms with van der Waals surface area (Å²) in [6.45, 7) is 0. The number of hydrogen-bond donors (Lipinski definition) is 0. The van der Waals surface area contributed by atoms with Crippen molar-refractivity contribution in [2.75, 3.05) is 0 Å². The number of fused-ring (bicyclic) bond motifs is 9. The quantitative estimate of drug-likeness (QED) is 0.208. The Morgan fingerprint density at radius 1 is 0.512 bits per heavy atom.